The lowest BCUT2D eigenvalue weighted by molar-refractivity contribution is -0.137. The van der Waals surface area contributed by atoms with Gasteiger partial charge < -0.3 is 10.6 Å². The number of aromatic nitrogens is 3. The summed E-state index contributed by atoms with van der Waals surface area (Å²) in [6.07, 6.45) is 1.41. The molecule has 36 heavy (non-hydrogen) atoms. The third-order valence-electron chi connectivity index (χ3n) is 5.77. The molecule has 1 atom stereocenters. The lowest BCUT2D eigenvalue weighted by Gasteiger charge is -2.19. The minimum atomic E-state index is -4.45. The largest absolute Gasteiger partial charge is 0.416 e. The van der Waals surface area contributed by atoms with Crippen LogP contribution in [0.4, 0.5) is 19.0 Å². The molecule has 186 valence electrons. The van der Waals surface area contributed by atoms with E-state index < -0.39 is 23.7 Å². The van der Waals surface area contributed by atoms with Crippen LogP contribution in [-0.4, -0.2) is 27.2 Å². The lowest BCUT2D eigenvalue weighted by atomic mass is 10.0. The third kappa shape index (κ3) is 6.37. The maximum absolute atomic E-state index is 13.2. The molecule has 4 rings (SSSR count). The van der Waals surface area contributed by atoms with E-state index in [1.54, 1.807) is 23.1 Å². The van der Waals surface area contributed by atoms with Gasteiger partial charge in [0.2, 0.25) is 5.91 Å². The van der Waals surface area contributed by atoms with Crippen LogP contribution in [0.3, 0.4) is 0 Å². The van der Waals surface area contributed by atoms with Gasteiger partial charge >= 0.3 is 6.18 Å². The zero-order chi connectivity index (χ0) is 25.7. The van der Waals surface area contributed by atoms with Crippen molar-refractivity contribution < 1.29 is 18.0 Å². The third-order valence-corrected chi connectivity index (χ3v) is 5.77. The first-order valence-electron chi connectivity index (χ1n) is 11.4. The van der Waals surface area contributed by atoms with Crippen LogP contribution >= 0.6 is 0 Å². The highest BCUT2D eigenvalue weighted by atomic mass is 19.4. The highest BCUT2D eigenvalue weighted by Crippen LogP contribution is 2.30. The number of hydrogen-bond acceptors (Lipinski definition) is 4. The fraction of sp³-hybridized carbons (Fsp3) is 0.222. The summed E-state index contributed by atoms with van der Waals surface area (Å²) in [6, 6.07) is 15.3. The molecule has 0 radical (unpaired) electrons. The average molecular weight is 494 g/mol. The molecular formula is C27H26F3N5O. The molecule has 0 saturated heterocycles. The summed E-state index contributed by atoms with van der Waals surface area (Å²) >= 11 is 0. The number of nitrogens with one attached hydrogen (secondary N) is 2. The maximum Gasteiger partial charge on any atom is 0.416 e. The smallest absolute Gasteiger partial charge is 0.309 e. The molecule has 1 amide bonds. The average Bonchev–Trinajstić information content (AvgIpc) is 3.29. The Hall–Kier alpha value is -3.98. The van der Waals surface area contributed by atoms with Crippen molar-refractivity contribution in [1.29, 1.82) is 0 Å². The van der Waals surface area contributed by atoms with Crippen LogP contribution in [0, 0.1) is 6.92 Å². The van der Waals surface area contributed by atoms with Gasteiger partial charge in [-0.3, -0.25) is 9.48 Å². The van der Waals surface area contributed by atoms with Gasteiger partial charge in [-0.05, 0) is 48.7 Å². The minimum absolute atomic E-state index is 0.338. The number of carbonyl (C=O) groups excluding carboxylic acids is 1. The number of amides is 1. The Morgan fingerprint density at radius 3 is 2.28 bits per heavy atom. The van der Waals surface area contributed by atoms with E-state index in [0.717, 1.165) is 34.4 Å². The molecule has 2 aromatic carbocycles. The summed E-state index contributed by atoms with van der Waals surface area (Å²) in [6.45, 7) is 2.46. The van der Waals surface area contributed by atoms with Gasteiger partial charge in [0.15, 0.2) is 0 Å². The zero-order valence-electron chi connectivity index (χ0n) is 19.9. The van der Waals surface area contributed by atoms with Crippen LogP contribution in [0.2, 0.25) is 0 Å². The van der Waals surface area contributed by atoms with Crippen LogP contribution in [-0.2, 0) is 24.4 Å². The number of pyridine rings is 1. The molecule has 6 nitrogen and oxygen atoms in total. The number of hydrogen-bond donors (Lipinski definition) is 2. The van der Waals surface area contributed by atoms with Crippen molar-refractivity contribution in [2.45, 2.75) is 25.6 Å². The standard InChI is InChI=1S/C27H26F3N5O/c1-18-3-5-19(6-4-18)13-14-31-25(20-7-10-23(11-8-20)27(28,29)30)26(36)34-24-12-9-21(15-32-24)22-16-33-35(2)17-22/h3-12,15-17,25,31H,13-14H2,1-2H3,(H,32,34,36)/t25-/m1/s1. The molecule has 0 aliphatic heterocycles. The number of alkyl halides is 3. The Morgan fingerprint density at radius 1 is 0.972 bits per heavy atom. The maximum atomic E-state index is 13.2. The van der Waals surface area contributed by atoms with E-state index in [9.17, 15) is 18.0 Å². The van der Waals surface area contributed by atoms with Crippen molar-refractivity contribution in [1.82, 2.24) is 20.1 Å². The van der Waals surface area contributed by atoms with Gasteiger partial charge in [-0.2, -0.15) is 18.3 Å². The van der Waals surface area contributed by atoms with E-state index in [2.05, 4.69) is 20.7 Å². The molecule has 2 heterocycles. The molecule has 0 bridgehead atoms. The predicted molar refractivity (Wildman–Crippen MR) is 132 cm³/mol. The molecule has 0 fully saturated rings. The first-order valence-corrected chi connectivity index (χ1v) is 11.4. The van der Waals surface area contributed by atoms with Gasteiger partial charge in [-0.15, -0.1) is 0 Å². The first kappa shape index (κ1) is 25.1. The normalized spacial score (nSPS) is 12.4. The number of aryl methyl sites for hydroxylation is 2. The highest BCUT2D eigenvalue weighted by molar-refractivity contribution is 5.95. The Balaban J connectivity index is 1.49. The molecule has 0 aliphatic rings. The first-order chi connectivity index (χ1) is 17.2. The van der Waals surface area contributed by atoms with E-state index >= 15 is 0 Å². The summed E-state index contributed by atoms with van der Waals surface area (Å²) in [5.74, 6) is -0.0785. The van der Waals surface area contributed by atoms with Gasteiger partial charge in [0.05, 0.1) is 11.8 Å². The van der Waals surface area contributed by atoms with Crippen molar-refractivity contribution in [2.24, 2.45) is 7.05 Å². The van der Waals surface area contributed by atoms with E-state index in [4.69, 9.17) is 0 Å². The Bertz CT molecular complexity index is 1300. The van der Waals surface area contributed by atoms with Crippen LogP contribution in [0.15, 0.2) is 79.3 Å². The number of anilines is 1. The minimum Gasteiger partial charge on any atom is -0.309 e. The van der Waals surface area contributed by atoms with Gasteiger partial charge in [-0.25, -0.2) is 4.98 Å². The van der Waals surface area contributed by atoms with E-state index in [1.165, 1.54) is 12.1 Å². The Labute approximate surface area is 207 Å². The topological polar surface area (TPSA) is 71.8 Å². The molecule has 0 saturated carbocycles. The van der Waals surface area contributed by atoms with Crippen LogP contribution in [0.1, 0.15) is 28.3 Å². The summed E-state index contributed by atoms with van der Waals surface area (Å²) in [5, 5.41) is 10.1. The van der Waals surface area contributed by atoms with Crippen molar-refractivity contribution in [3.8, 4) is 11.1 Å². The zero-order valence-corrected chi connectivity index (χ0v) is 19.9. The molecule has 2 aromatic heterocycles. The van der Waals surface area contributed by atoms with E-state index in [1.807, 2.05) is 50.5 Å². The molecule has 0 spiro atoms. The number of benzene rings is 2. The fourth-order valence-corrected chi connectivity index (χ4v) is 3.75. The second kappa shape index (κ2) is 10.7. The molecule has 9 heteroatoms. The monoisotopic (exact) mass is 493 g/mol. The van der Waals surface area contributed by atoms with Crippen molar-refractivity contribution >= 4 is 11.7 Å². The van der Waals surface area contributed by atoms with Gasteiger partial charge in [-0.1, -0.05) is 42.0 Å². The number of rotatable bonds is 8. The molecule has 0 aliphatic carbocycles. The van der Waals surface area contributed by atoms with E-state index in [0.29, 0.717) is 24.3 Å². The van der Waals surface area contributed by atoms with Crippen molar-refractivity contribution in [3.63, 3.8) is 0 Å². The van der Waals surface area contributed by atoms with E-state index in [-0.39, 0.29) is 0 Å². The number of nitrogens with zero attached hydrogens (tertiary/aromatic N) is 3. The van der Waals surface area contributed by atoms with Crippen molar-refractivity contribution in [3.05, 3.63) is 102 Å². The van der Waals surface area contributed by atoms with Gasteiger partial charge in [0.1, 0.15) is 11.9 Å². The molecule has 0 unspecified atom stereocenters. The summed E-state index contributed by atoms with van der Waals surface area (Å²) in [4.78, 5) is 17.5. The van der Waals surface area contributed by atoms with Gasteiger partial charge in [0.25, 0.3) is 0 Å². The van der Waals surface area contributed by atoms with Crippen LogP contribution in [0.5, 0.6) is 0 Å². The second-order valence-electron chi connectivity index (χ2n) is 8.57. The lowest BCUT2D eigenvalue weighted by Crippen LogP contribution is -2.34. The summed E-state index contributed by atoms with van der Waals surface area (Å²) in [7, 11) is 1.82. The molecular weight excluding hydrogens is 467 g/mol. The predicted octanol–water partition coefficient (Wildman–Crippen LogP) is 5.32. The number of halogens is 3. The molecule has 4 aromatic rings. The molecule has 2 N–H and O–H groups in total. The quantitative estimate of drug-likeness (QED) is 0.349. The van der Waals surface area contributed by atoms with Gasteiger partial charge in [0, 0.05) is 37.1 Å². The second-order valence-corrected chi connectivity index (χ2v) is 8.57. The van der Waals surface area contributed by atoms with Crippen molar-refractivity contribution in [2.75, 3.05) is 11.9 Å². The summed E-state index contributed by atoms with van der Waals surface area (Å²) < 4.78 is 40.8. The van der Waals surface area contributed by atoms with Crippen LogP contribution in [0.25, 0.3) is 11.1 Å². The SMILES string of the molecule is Cc1ccc(CCN[C@@H](C(=O)Nc2ccc(-c3cnn(C)c3)cn2)c2ccc(C(F)(F)F)cc2)cc1. The summed E-state index contributed by atoms with van der Waals surface area (Å²) in [5.41, 5.74) is 3.64. The highest BCUT2D eigenvalue weighted by Gasteiger charge is 2.31. The van der Waals surface area contributed by atoms with Crippen LogP contribution < -0.4 is 10.6 Å². The fourth-order valence-electron chi connectivity index (χ4n) is 3.75. The Kier molecular flexibility index (Phi) is 7.49. The number of carbonyl (C=O) groups is 1. The Morgan fingerprint density at radius 2 is 1.69 bits per heavy atom.